The Hall–Kier alpha value is -1.61. The highest BCUT2D eigenvalue weighted by Gasteiger charge is 2.25. The van der Waals surface area contributed by atoms with Crippen LogP contribution in [0, 0.1) is 0 Å². The summed E-state index contributed by atoms with van der Waals surface area (Å²) in [5.41, 5.74) is 0.961. The predicted octanol–water partition coefficient (Wildman–Crippen LogP) is 2.60. The zero-order valence-electron chi connectivity index (χ0n) is 10.6. The summed E-state index contributed by atoms with van der Waals surface area (Å²) in [6.07, 6.45) is 6.24. The number of ether oxygens (including phenoxy) is 1. The molecule has 1 atom stereocenters. The van der Waals surface area contributed by atoms with Crippen LogP contribution in [0.4, 0.5) is 0 Å². The molecule has 1 N–H and O–H groups in total. The van der Waals surface area contributed by atoms with E-state index in [0.717, 1.165) is 18.4 Å². The van der Waals surface area contributed by atoms with E-state index in [0.29, 0.717) is 12.6 Å². The van der Waals surface area contributed by atoms with E-state index in [4.69, 9.17) is 4.74 Å². The van der Waals surface area contributed by atoms with Gasteiger partial charge in [-0.1, -0.05) is 42.5 Å². The average molecular weight is 245 g/mol. The van der Waals surface area contributed by atoms with Gasteiger partial charge < -0.3 is 4.74 Å². The zero-order chi connectivity index (χ0) is 12.8. The van der Waals surface area contributed by atoms with Crippen LogP contribution in [0.2, 0.25) is 0 Å². The summed E-state index contributed by atoms with van der Waals surface area (Å²) in [6, 6.07) is 9.71. The fourth-order valence-electron chi connectivity index (χ4n) is 2.16. The Morgan fingerprint density at radius 2 is 2.00 bits per heavy atom. The summed E-state index contributed by atoms with van der Waals surface area (Å²) in [5, 5.41) is 3.38. The number of benzene rings is 1. The maximum absolute atomic E-state index is 12.0. The number of hydrogen-bond donors (Lipinski definition) is 1. The van der Waals surface area contributed by atoms with Crippen molar-refractivity contribution in [3.05, 3.63) is 48.0 Å². The molecular formula is C15H19NO2. The highest BCUT2D eigenvalue weighted by molar-refractivity contribution is 5.77. The Morgan fingerprint density at radius 1 is 1.33 bits per heavy atom. The van der Waals surface area contributed by atoms with E-state index in [9.17, 15) is 4.79 Å². The van der Waals surface area contributed by atoms with E-state index >= 15 is 0 Å². The van der Waals surface area contributed by atoms with Crippen LogP contribution < -0.4 is 5.32 Å². The molecule has 0 saturated heterocycles. The first-order chi connectivity index (χ1) is 8.81. The minimum Gasteiger partial charge on any atom is -0.465 e. The van der Waals surface area contributed by atoms with E-state index in [1.807, 2.05) is 37.3 Å². The molecule has 0 aromatic heterocycles. The Kier molecular flexibility index (Phi) is 4.53. The van der Waals surface area contributed by atoms with Crippen molar-refractivity contribution in [3.63, 3.8) is 0 Å². The van der Waals surface area contributed by atoms with Crippen molar-refractivity contribution in [2.75, 3.05) is 6.61 Å². The van der Waals surface area contributed by atoms with Crippen molar-refractivity contribution in [2.24, 2.45) is 0 Å². The van der Waals surface area contributed by atoms with Crippen LogP contribution in [0.15, 0.2) is 42.5 Å². The van der Waals surface area contributed by atoms with Gasteiger partial charge in [-0.25, -0.2) is 4.79 Å². The van der Waals surface area contributed by atoms with Crippen molar-refractivity contribution in [1.82, 2.24) is 5.32 Å². The molecular weight excluding hydrogens is 226 g/mol. The molecule has 3 heteroatoms. The number of esters is 1. The van der Waals surface area contributed by atoms with Gasteiger partial charge in [0.25, 0.3) is 0 Å². The lowest BCUT2D eigenvalue weighted by atomic mass is 10.1. The van der Waals surface area contributed by atoms with E-state index < -0.39 is 0 Å². The summed E-state index contributed by atoms with van der Waals surface area (Å²) in [6.45, 7) is 2.24. The average Bonchev–Trinajstić information content (AvgIpc) is 2.90. The van der Waals surface area contributed by atoms with Gasteiger partial charge in [-0.3, -0.25) is 5.32 Å². The first-order valence-electron chi connectivity index (χ1n) is 6.44. The Morgan fingerprint density at radius 3 is 2.61 bits per heavy atom. The summed E-state index contributed by atoms with van der Waals surface area (Å²) in [5.74, 6) is -0.199. The van der Waals surface area contributed by atoms with Gasteiger partial charge in [0.2, 0.25) is 0 Å². The van der Waals surface area contributed by atoms with E-state index in [1.54, 1.807) is 0 Å². The second-order valence-corrected chi connectivity index (χ2v) is 4.40. The first kappa shape index (κ1) is 12.8. The smallest absolute Gasteiger partial charge is 0.327 e. The van der Waals surface area contributed by atoms with Crippen LogP contribution in [0.1, 0.15) is 31.4 Å². The second-order valence-electron chi connectivity index (χ2n) is 4.40. The molecule has 1 aromatic carbocycles. The van der Waals surface area contributed by atoms with Gasteiger partial charge in [0.05, 0.1) is 6.61 Å². The molecule has 0 aliphatic heterocycles. The van der Waals surface area contributed by atoms with Crippen molar-refractivity contribution >= 4 is 5.97 Å². The third-order valence-corrected chi connectivity index (χ3v) is 3.07. The van der Waals surface area contributed by atoms with Crippen LogP contribution in [-0.4, -0.2) is 18.6 Å². The monoisotopic (exact) mass is 245 g/mol. The van der Waals surface area contributed by atoms with Crippen LogP contribution >= 0.6 is 0 Å². The van der Waals surface area contributed by atoms with Gasteiger partial charge in [0.15, 0.2) is 0 Å². The minimum absolute atomic E-state index is 0.199. The van der Waals surface area contributed by atoms with E-state index in [-0.39, 0.29) is 12.0 Å². The molecule has 0 bridgehead atoms. The molecule has 0 radical (unpaired) electrons. The fraction of sp³-hybridized carbons (Fsp3) is 0.400. The number of hydrogen-bond acceptors (Lipinski definition) is 3. The van der Waals surface area contributed by atoms with Crippen molar-refractivity contribution in [3.8, 4) is 0 Å². The Bertz CT molecular complexity index is 406. The van der Waals surface area contributed by atoms with Crippen LogP contribution in [0.3, 0.4) is 0 Å². The SMILES string of the molecule is CCOC(=O)C(NC1CC=CC1)c1ccccc1. The highest BCUT2D eigenvalue weighted by Crippen LogP contribution is 2.19. The van der Waals surface area contributed by atoms with Crippen molar-refractivity contribution in [2.45, 2.75) is 31.8 Å². The maximum atomic E-state index is 12.0. The number of nitrogens with one attached hydrogen (secondary N) is 1. The topological polar surface area (TPSA) is 38.3 Å². The van der Waals surface area contributed by atoms with Gasteiger partial charge in [-0.2, -0.15) is 0 Å². The number of carbonyl (C=O) groups excluding carboxylic acids is 1. The molecule has 18 heavy (non-hydrogen) atoms. The lowest BCUT2D eigenvalue weighted by Crippen LogP contribution is -2.36. The molecule has 1 aromatic rings. The normalized spacial score (nSPS) is 16.7. The van der Waals surface area contributed by atoms with Gasteiger partial charge in [-0.05, 0) is 25.3 Å². The minimum atomic E-state index is -0.365. The fourth-order valence-corrected chi connectivity index (χ4v) is 2.16. The summed E-state index contributed by atoms with van der Waals surface area (Å²) < 4.78 is 5.15. The largest absolute Gasteiger partial charge is 0.465 e. The molecule has 96 valence electrons. The van der Waals surface area contributed by atoms with Gasteiger partial charge in [0, 0.05) is 6.04 Å². The second kappa shape index (κ2) is 6.36. The zero-order valence-corrected chi connectivity index (χ0v) is 10.6. The van der Waals surface area contributed by atoms with E-state index in [2.05, 4.69) is 17.5 Å². The standard InChI is InChI=1S/C15H19NO2/c1-2-18-15(17)14(12-8-4-3-5-9-12)16-13-10-6-7-11-13/h3-9,13-14,16H,2,10-11H2,1H3. The molecule has 0 fully saturated rings. The van der Waals surface area contributed by atoms with Crippen molar-refractivity contribution < 1.29 is 9.53 Å². The van der Waals surface area contributed by atoms with Crippen LogP contribution in [-0.2, 0) is 9.53 Å². The summed E-state index contributed by atoms with van der Waals surface area (Å²) in [7, 11) is 0. The van der Waals surface area contributed by atoms with Crippen LogP contribution in [0.5, 0.6) is 0 Å². The predicted molar refractivity (Wildman–Crippen MR) is 71.1 cm³/mol. The first-order valence-corrected chi connectivity index (χ1v) is 6.44. The third kappa shape index (κ3) is 3.20. The maximum Gasteiger partial charge on any atom is 0.327 e. The molecule has 1 aliphatic rings. The van der Waals surface area contributed by atoms with Crippen LogP contribution in [0.25, 0.3) is 0 Å². The Labute approximate surface area is 108 Å². The molecule has 0 spiro atoms. The molecule has 1 aliphatic carbocycles. The van der Waals surface area contributed by atoms with Crippen molar-refractivity contribution in [1.29, 1.82) is 0 Å². The molecule has 0 heterocycles. The molecule has 0 amide bonds. The van der Waals surface area contributed by atoms with Gasteiger partial charge >= 0.3 is 5.97 Å². The van der Waals surface area contributed by atoms with E-state index in [1.165, 1.54) is 0 Å². The number of rotatable bonds is 5. The lowest BCUT2D eigenvalue weighted by Gasteiger charge is -2.21. The quantitative estimate of drug-likeness (QED) is 0.640. The molecule has 2 rings (SSSR count). The van der Waals surface area contributed by atoms with Gasteiger partial charge in [0.1, 0.15) is 6.04 Å². The summed E-state index contributed by atoms with van der Waals surface area (Å²) >= 11 is 0. The third-order valence-electron chi connectivity index (χ3n) is 3.07. The molecule has 0 saturated carbocycles. The number of carbonyl (C=O) groups is 1. The molecule has 1 unspecified atom stereocenters. The highest BCUT2D eigenvalue weighted by atomic mass is 16.5. The van der Waals surface area contributed by atoms with Gasteiger partial charge in [-0.15, -0.1) is 0 Å². The summed E-state index contributed by atoms with van der Waals surface area (Å²) in [4.78, 5) is 12.0. The lowest BCUT2D eigenvalue weighted by molar-refractivity contribution is -0.146. The molecule has 3 nitrogen and oxygen atoms in total. The Balaban J connectivity index is 2.09.